The first-order valence-corrected chi connectivity index (χ1v) is 8.97. The van der Waals surface area contributed by atoms with E-state index in [2.05, 4.69) is 10.1 Å². The van der Waals surface area contributed by atoms with E-state index in [-0.39, 0.29) is 23.6 Å². The van der Waals surface area contributed by atoms with E-state index in [1.54, 1.807) is 12.1 Å². The second-order valence-electron chi connectivity index (χ2n) is 6.99. The van der Waals surface area contributed by atoms with E-state index in [0.29, 0.717) is 25.1 Å². The maximum absolute atomic E-state index is 13.1. The van der Waals surface area contributed by atoms with Crippen LogP contribution in [0.4, 0.5) is 17.6 Å². The molecule has 1 N–H and O–H groups in total. The Morgan fingerprint density at radius 1 is 1.07 bits per heavy atom. The van der Waals surface area contributed by atoms with Crippen molar-refractivity contribution in [3.8, 4) is 11.4 Å². The van der Waals surface area contributed by atoms with Crippen molar-refractivity contribution in [3.63, 3.8) is 0 Å². The number of alkyl halides is 3. The molecule has 2 aromatic carbocycles. The Morgan fingerprint density at radius 3 is 2.41 bits per heavy atom. The molecule has 0 saturated carbocycles. The normalized spacial score (nSPS) is 20.3. The lowest BCUT2D eigenvalue weighted by atomic mass is 10.1. The minimum Gasteiger partial charge on any atom is -0.392 e. The number of likely N-dealkylation sites (tertiary alicyclic amines) is 1. The van der Waals surface area contributed by atoms with Crippen LogP contribution in [0.25, 0.3) is 11.4 Å². The van der Waals surface area contributed by atoms with Gasteiger partial charge in [0.25, 0.3) is 0 Å². The number of aliphatic hydroxyl groups excluding tert-OH is 1. The van der Waals surface area contributed by atoms with Crippen molar-refractivity contribution in [1.29, 1.82) is 0 Å². The Morgan fingerprint density at radius 2 is 1.76 bits per heavy atom. The van der Waals surface area contributed by atoms with Crippen LogP contribution in [0.15, 0.2) is 53.1 Å². The fourth-order valence-corrected chi connectivity index (χ4v) is 3.43. The predicted octanol–water partition coefficient (Wildman–Crippen LogP) is 4.20. The van der Waals surface area contributed by atoms with Gasteiger partial charge in [0.1, 0.15) is 5.82 Å². The lowest BCUT2D eigenvalue weighted by Gasteiger charge is -2.21. The first kappa shape index (κ1) is 19.5. The second-order valence-corrected chi connectivity index (χ2v) is 6.99. The highest BCUT2D eigenvalue weighted by Crippen LogP contribution is 2.34. The van der Waals surface area contributed by atoms with E-state index in [0.717, 1.165) is 17.7 Å². The van der Waals surface area contributed by atoms with Gasteiger partial charge < -0.3 is 9.63 Å². The molecule has 0 bridgehead atoms. The summed E-state index contributed by atoms with van der Waals surface area (Å²) in [6.45, 7) is 0.847. The van der Waals surface area contributed by atoms with Crippen LogP contribution in [0.2, 0.25) is 0 Å². The summed E-state index contributed by atoms with van der Waals surface area (Å²) >= 11 is 0. The minimum atomic E-state index is -4.41. The fraction of sp³-hybridized carbons (Fsp3) is 0.300. The fourth-order valence-electron chi connectivity index (χ4n) is 3.43. The number of halogens is 4. The lowest BCUT2D eigenvalue weighted by molar-refractivity contribution is -0.137. The Bertz CT molecular complexity index is 971. The summed E-state index contributed by atoms with van der Waals surface area (Å²) < 4.78 is 56.6. The Hall–Kier alpha value is -2.78. The molecule has 0 aliphatic carbocycles. The van der Waals surface area contributed by atoms with Gasteiger partial charge in [-0.05, 0) is 36.2 Å². The molecule has 4 rings (SSSR count). The lowest BCUT2D eigenvalue weighted by Crippen LogP contribution is -2.24. The quantitative estimate of drug-likeness (QED) is 0.657. The number of hydrogen-bond acceptors (Lipinski definition) is 5. The van der Waals surface area contributed by atoms with Crippen molar-refractivity contribution in [2.75, 3.05) is 6.54 Å². The summed E-state index contributed by atoms with van der Waals surface area (Å²) in [6.07, 6.45) is -4.61. The van der Waals surface area contributed by atoms with Crippen molar-refractivity contribution in [2.45, 2.75) is 31.3 Å². The molecule has 0 radical (unpaired) electrons. The SMILES string of the molecule is O[C@@H]1C[C@@H](c2nc(-c3ccc(C(F)(F)F)cc3)no2)N(Cc2ccc(F)cc2)C1. The Labute approximate surface area is 163 Å². The van der Waals surface area contributed by atoms with Crippen LogP contribution in [0.3, 0.4) is 0 Å². The van der Waals surface area contributed by atoms with Crippen molar-refractivity contribution >= 4 is 0 Å². The molecule has 3 aromatic rings. The van der Waals surface area contributed by atoms with Gasteiger partial charge in [-0.2, -0.15) is 18.2 Å². The molecule has 1 aliphatic heterocycles. The molecule has 1 fully saturated rings. The highest BCUT2D eigenvalue weighted by Gasteiger charge is 2.36. The van der Waals surface area contributed by atoms with Crippen LogP contribution in [0.5, 0.6) is 0 Å². The van der Waals surface area contributed by atoms with Crippen LogP contribution >= 0.6 is 0 Å². The summed E-state index contributed by atoms with van der Waals surface area (Å²) in [5, 5.41) is 14.0. The van der Waals surface area contributed by atoms with E-state index >= 15 is 0 Å². The van der Waals surface area contributed by atoms with Gasteiger partial charge in [0, 0.05) is 18.7 Å². The predicted molar refractivity (Wildman–Crippen MR) is 94.9 cm³/mol. The molecule has 0 amide bonds. The first-order chi connectivity index (χ1) is 13.8. The zero-order chi connectivity index (χ0) is 20.6. The number of β-amino-alcohol motifs (C(OH)–C–C–N with tert-alkyl or cyclic N) is 1. The van der Waals surface area contributed by atoms with E-state index in [1.807, 2.05) is 4.90 Å². The van der Waals surface area contributed by atoms with Crippen molar-refractivity contribution in [3.05, 3.63) is 71.4 Å². The number of benzene rings is 2. The average Bonchev–Trinajstić information content (AvgIpc) is 3.30. The van der Waals surface area contributed by atoms with Gasteiger partial charge in [0.15, 0.2) is 0 Å². The van der Waals surface area contributed by atoms with E-state index in [1.165, 1.54) is 24.3 Å². The standard InChI is InChI=1S/C20H17F4N3O2/c21-15-7-1-12(2-8-15)10-27-11-16(28)9-17(27)19-25-18(26-29-19)13-3-5-14(6-4-13)20(22,23)24/h1-8,16-17,28H,9-11H2/t16-,17+/m1/s1. The number of nitrogens with zero attached hydrogens (tertiary/aromatic N) is 3. The number of aliphatic hydroxyl groups is 1. The molecule has 2 atom stereocenters. The number of aromatic nitrogens is 2. The summed E-state index contributed by atoms with van der Waals surface area (Å²) in [7, 11) is 0. The van der Waals surface area contributed by atoms with Crippen LogP contribution in [-0.4, -0.2) is 32.8 Å². The average molecular weight is 407 g/mol. The van der Waals surface area contributed by atoms with Crippen LogP contribution in [0.1, 0.15) is 29.5 Å². The summed E-state index contributed by atoms with van der Waals surface area (Å²) in [5.74, 6) is 0.125. The summed E-state index contributed by atoms with van der Waals surface area (Å²) in [5.41, 5.74) is 0.513. The number of hydrogen-bond donors (Lipinski definition) is 1. The van der Waals surface area contributed by atoms with Gasteiger partial charge in [-0.15, -0.1) is 0 Å². The molecule has 0 unspecified atom stereocenters. The second kappa shape index (κ2) is 7.57. The third-order valence-electron chi connectivity index (χ3n) is 4.88. The maximum atomic E-state index is 13.1. The molecular formula is C20H17F4N3O2. The molecule has 5 nitrogen and oxygen atoms in total. The Kier molecular flexibility index (Phi) is 5.10. The van der Waals surface area contributed by atoms with Gasteiger partial charge in [-0.3, -0.25) is 4.90 Å². The maximum Gasteiger partial charge on any atom is 0.416 e. The highest BCUT2D eigenvalue weighted by molar-refractivity contribution is 5.54. The molecular weight excluding hydrogens is 390 g/mol. The van der Waals surface area contributed by atoms with Crippen LogP contribution in [0, 0.1) is 5.82 Å². The molecule has 0 spiro atoms. The summed E-state index contributed by atoms with van der Waals surface area (Å²) in [6, 6.07) is 10.2. The van der Waals surface area contributed by atoms with Crippen LogP contribution in [-0.2, 0) is 12.7 Å². The minimum absolute atomic E-state index is 0.178. The molecule has 1 aromatic heterocycles. The smallest absolute Gasteiger partial charge is 0.392 e. The highest BCUT2D eigenvalue weighted by atomic mass is 19.4. The zero-order valence-corrected chi connectivity index (χ0v) is 15.1. The molecule has 2 heterocycles. The Balaban J connectivity index is 1.53. The van der Waals surface area contributed by atoms with Crippen molar-refractivity contribution < 1.29 is 27.2 Å². The van der Waals surface area contributed by atoms with Gasteiger partial charge >= 0.3 is 6.18 Å². The molecule has 152 valence electrons. The third-order valence-corrected chi connectivity index (χ3v) is 4.88. The van der Waals surface area contributed by atoms with Gasteiger partial charge in [-0.1, -0.05) is 29.4 Å². The molecule has 1 aliphatic rings. The topological polar surface area (TPSA) is 62.4 Å². The molecule has 29 heavy (non-hydrogen) atoms. The van der Waals surface area contributed by atoms with Crippen LogP contribution < -0.4 is 0 Å². The molecule has 1 saturated heterocycles. The largest absolute Gasteiger partial charge is 0.416 e. The van der Waals surface area contributed by atoms with E-state index in [4.69, 9.17) is 4.52 Å². The van der Waals surface area contributed by atoms with E-state index < -0.39 is 17.8 Å². The monoisotopic (exact) mass is 407 g/mol. The molecule has 9 heteroatoms. The van der Waals surface area contributed by atoms with Crippen molar-refractivity contribution in [2.24, 2.45) is 0 Å². The number of rotatable bonds is 4. The van der Waals surface area contributed by atoms with Gasteiger partial charge in [0.05, 0.1) is 17.7 Å². The third kappa shape index (κ3) is 4.30. The van der Waals surface area contributed by atoms with E-state index in [9.17, 15) is 22.7 Å². The first-order valence-electron chi connectivity index (χ1n) is 8.97. The van der Waals surface area contributed by atoms with Gasteiger partial charge in [0.2, 0.25) is 11.7 Å². The van der Waals surface area contributed by atoms with Crippen molar-refractivity contribution in [1.82, 2.24) is 15.0 Å². The zero-order valence-electron chi connectivity index (χ0n) is 15.1. The summed E-state index contributed by atoms with van der Waals surface area (Å²) in [4.78, 5) is 6.27. The van der Waals surface area contributed by atoms with Gasteiger partial charge in [-0.25, -0.2) is 4.39 Å².